The summed E-state index contributed by atoms with van der Waals surface area (Å²) in [5.41, 5.74) is 3.65. The molecule has 0 saturated carbocycles. The van der Waals surface area contributed by atoms with E-state index in [4.69, 9.17) is 14.5 Å². The molecule has 6 nitrogen and oxygen atoms in total. The first kappa shape index (κ1) is 17.2. The number of fused-ring (bicyclic) bond motifs is 3. The Morgan fingerprint density at radius 1 is 0.897 bits per heavy atom. The molecule has 5 rings (SSSR count). The quantitative estimate of drug-likeness (QED) is 0.447. The van der Waals surface area contributed by atoms with Gasteiger partial charge in [-0.25, -0.2) is 14.5 Å². The van der Waals surface area contributed by atoms with Crippen LogP contribution in [0.5, 0.6) is 11.5 Å². The van der Waals surface area contributed by atoms with Gasteiger partial charge in [-0.1, -0.05) is 42.5 Å². The molecule has 0 unspecified atom stereocenters. The van der Waals surface area contributed by atoms with Crippen LogP contribution < -0.4 is 9.47 Å². The maximum absolute atomic E-state index is 5.94. The Morgan fingerprint density at radius 2 is 1.72 bits per heavy atom. The Labute approximate surface area is 167 Å². The summed E-state index contributed by atoms with van der Waals surface area (Å²) < 4.78 is 13.0. The average Bonchev–Trinajstić information content (AvgIpc) is 3.23. The molecule has 29 heavy (non-hydrogen) atoms. The number of para-hydroxylation sites is 3. The average molecular weight is 382 g/mol. The van der Waals surface area contributed by atoms with E-state index in [-0.39, 0.29) is 0 Å². The molecule has 0 spiro atoms. The van der Waals surface area contributed by atoms with Gasteiger partial charge in [0.25, 0.3) is 0 Å². The van der Waals surface area contributed by atoms with Crippen LogP contribution in [0.2, 0.25) is 0 Å². The van der Waals surface area contributed by atoms with Crippen LogP contribution in [0.4, 0.5) is 0 Å². The van der Waals surface area contributed by atoms with Crippen LogP contribution in [0.1, 0.15) is 5.56 Å². The van der Waals surface area contributed by atoms with Gasteiger partial charge in [0.05, 0.1) is 12.6 Å². The first-order valence-corrected chi connectivity index (χ1v) is 9.27. The maximum atomic E-state index is 5.94. The second-order valence-electron chi connectivity index (χ2n) is 6.61. The Bertz CT molecular complexity index is 1310. The van der Waals surface area contributed by atoms with Crippen LogP contribution in [0.3, 0.4) is 0 Å². The van der Waals surface area contributed by atoms with Crippen molar-refractivity contribution in [1.29, 1.82) is 0 Å². The number of aromatic nitrogens is 4. The van der Waals surface area contributed by atoms with Crippen LogP contribution in [0.15, 0.2) is 79.1 Å². The molecule has 3 aromatic carbocycles. The van der Waals surface area contributed by atoms with Gasteiger partial charge in [-0.3, -0.25) is 0 Å². The smallest absolute Gasteiger partial charge is 0.182 e. The van der Waals surface area contributed by atoms with E-state index in [1.54, 1.807) is 18.0 Å². The van der Waals surface area contributed by atoms with Crippen molar-refractivity contribution < 1.29 is 9.47 Å². The number of methoxy groups -OCH3 is 1. The lowest BCUT2D eigenvalue weighted by Gasteiger charge is -2.10. The fourth-order valence-corrected chi connectivity index (χ4v) is 3.30. The Morgan fingerprint density at radius 3 is 2.62 bits per heavy atom. The summed E-state index contributed by atoms with van der Waals surface area (Å²) in [6.45, 7) is 0.423. The number of ether oxygens (including phenoxy) is 2. The predicted molar refractivity (Wildman–Crippen MR) is 111 cm³/mol. The lowest BCUT2D eigenvalue weighted by molar-refractivity contribution is 0.284. The zero-order chi connectivity index (χ0) is 19.6. The molecule has 0 atom stereocenters. The molecule has 0 amide bonds. The van der Waals surface area contributed by atoms with Crippen LogP contribution >= 0.6 is 0 Å². The van der Waals surface area contributed by atoms with E-state index in [1.807, 2.05) is 72.8 Å². The molecule has 6 heteroatoms. The number of nitrogens with zero attached hydrogens (tertiary/aromatic N) is 4. The van der Waals surface area contributed by atoms with Crippen molar-refractivity contribution in [2.75, 3.05) is 7.11 Å². The summed E-state index contributed by atoms with van der Waals surface area (Å²) in [5, 5.41) is 5.58. The summed E-state index contributed by atoms with van der Waals surface area (Å²) in [5.74, 6) is 2.08. The minimum atomic E-state index is 0.423. The molecule has 0 N–H and O–H groups in total. The van der Waals surface area contributed by atoms with Crippen molar-refractivity contribution in [3.8, 4) is 22.9 Å². The monoisotopic (exact) mass is 382 g/mol. The minimum Gasteiger partial charge on any atom is -0.493 e. The third kappa shape index (κ3) is 3.25. The summed E-state index contributed by atoms with van der Waals surface area (Å²) in [6, 6.07) is 23.6. The van der Waals surface area contributed by atoms with Gasteiger partial charge in [0.1, 0.15) is 12.9 Å². The molecule has 5 aromatic rings. The number of benzene rings is 3. The third-order valence-corrected chi connectivity index (χ3v) is 4.73. The van der Waals surface area contributed by atoms with Crippen molar-refractivity contribution in [2.24, 2.45) is 0 Å². The van der Waals surface area contributed by atoms with Crippen molar-refractivity contribution >= 4 is 16.6 Å². The Balaban J connectivity index is 1.46. The molecule has 0 aliphatic heterocycles. The molecule has 0 aliphatic carbocycles. The molecule has 2 heterocycles. The van der Waals surface area contributed by atoms with E-state index in [2.05, 4.69) is 10.1 Å². The molecule has 0 bridgehead atoms. The fraction of sp³-hybridized carbons (Fsp3) is 0.0870. The van der Waals surface area contributed by atoms with Gasteiger partial charge in [-0.05, 0) is 35.9 Å². The standard InChI is InChI=1S/C23H18N4O2/c1-28-20-11-4-5-12-21(20)29-14-16-7-6-8-17(13-16)22-25-23-18-9-2-3-10-19(18)24-15-27(23)26-22/h2-13,15H,14H2,1H3. The molecule has 0 fully saturated rings. The third-order valence-electron chi connectivity index (χ3n) is 4.73. The Hall–Kier alpha value is -3.93. The summed E-state index contributed by atoms with van der Waals surface area (Å²) >= 11 is 0. The van der Waals surface area contributed by atoms with Crippen molar-refractivity contribution in [1.82, 2.24) is 19.6 Å². The van der Waals surface area contributed by atoms with E-state index < -0.39 is 0 Å². The van der Waals surface area contributed by atoms with E-state index in [9.17, 15) is 0 Å². The highest BCUT2D eigenvalue weighted by atomic mass is 16.5. The van der Waals surface area contributed by atoms with E-state index in [0.717, 1.165) is 27.7 Å². The minimum absolute atomic E-state index is 0.423. The van der Waals surface area contributed by atoms with Crippen molar-refractivity contribution in [3.05, 3.63) is 84.7 Å². The highest BCUT2D eigenvalue weighted by molar-refractivity contribution is 5.91. The van der Waals surface area contributed by atoms with Crippen molar-refractivity contribution in [3.63, 3.8) is 0 Å². The number of hydrogen-bond acceptors (Lipinski definition) is 5. The highest BCUT2D eigenvalue weighted by Gasteiger charge is 2.11. The normalized spacial score (nSPS) is 11.1. The van der Waals surface area contributed by atoms with Crippen LogP contribution in [0.25, 0.3) is 27.9 Å². The van der Waals surface area contributed by atoms with Crippen LogP contribution in [0, 0.1) is 0 Å². The van der Waals surface area contributed by atoms with Gasteiger partial charge in [-0.15, -0.1) is 5.10 Å². The lowest BCUT2D eigenvalue weighted by atomic mass is 10.1. The van der Waals surface area contributed by atoms with Gasteiger partial charge in [0.2, 0.25) is 0 Å². The molecule has 2 aromatic heterocycles. The predicted octanol–water partition coefficient (Wildman–Crippen LogP) is 4.53. The van der Waals surface area contributed by atoms with Gasteiger partial charge < -0.3 is 9.47 Å². The second-order valence-corrected chi connectivity index (χ2v) is 6.61. The zero-order valence-corrected chi connectivity index (χ0v) is 15.8. The largest absolute Gasteiger partial charge is 0.493 e. The second kappa shape index (κ2) is 7.24. The SMILES string of the molecule is COc1ccccc1OCc1cccc(-c2nc3c4ccccc4ncn3n2)c1. The highest BCUT2D eigenvalue weighted by Crippen LogP contribution is 2.27. The number of hydrogen-bond donors (Lipinski definition) is 0. The number of rotatable bonds is 5. The van der Waals surface area contributed by atoms with Gasteiger partial charge in [-0.2, -0.15) is 0 Å². The van der Waals surface area contributed by atoms with E-state index in [0.29, 0.717) is 23.9 Å². The molecule has 0 radical (unpaired) electrons. The first-order valence-electron chi connectivity index (χ1n) is 9.27. The van der Waals surface area contributed by atoms with Crippen molar-refractivity contribution in [2.45, 2.75) is 6.61 Å². The summed E-state index contributed by atoms with van der Waals surface area (Å²) in [4.78, 5) is 9.19. The Kier molecular flexibility index (Phi) is 4.29. The van der Waals surface area contributed by atoms with Crippen LogP contribution in [-0.4, -0.2) is 26.7 Å². The maximum Gasteiger partial charge on any atom is 0.182 e. The molecular formula is C23H18N4O2. The summed E-state index contributed by atoms with van der Waals surface area (Å²) in [7, 11) is 1.64. The first-order chi connectivity index (χ1) is 14.3. The van der Waals surface area contributed by atoms with Gasteiger partial charge in [0.15, 0.2) is 23.0 Å². The topological polar surface area (TPSA) is 61.5 Å². The lowest BCUT2D eigenvalue weighted by Crippen LogP contribution is -1.98. The zero-order valence-electron chi connectivity index (χ0n) is 15.8. The van der Waals surface area contributed by atoms with Gasteiger partial charge in [0, 0.05) is 10.9 Å². The molecule has 0 saturated heterocycles. The van der Waals surface area contributed by atoms with E-state index in [1.165, 1.54) is 0 Å². The molecule has 0 aliphatic rings. The molecule has 142 valence electrons. The fourth-order valence-electron chi connectivity index (χ4n) is 3.30. The van der Waals surface area contributed by atoms with Crippen LogP contribution in [-0.2, 0) is 6.61 Å². The summed E-state index contributed by atoms with van der Waals surface area (Å²) in [6.07, 6.45) is 1.70. The molecular weight excluding hydrogens is 364 g/mol. The van der Waals surface area contributed by atoms with E-state index >= 15 is 0 Å². The van der Waals surface area contributed by atoms with Gasteiger partial charge >= 0.3 is 0 Å².